The highest BCUT2D eigenvalue weighted by atomic mass is 16.3. The quantitative estimate of drug-likeness (QED) is 0.907. The lowest BCUT2D eigenvalue weighted by molar-refractivity contribution is 0.0698. The van der Waals surface area contributed by atoms with Crippen molar-refractivity contribution in [1.82, 2.24) is 4.90 Å². The molecule has 0 bridgehead atoms. The van der Waals surface area contributed by atoms with E-state index in [2.05, 4.69) is 51.7 Å². The Bertz CT molecular complexity index is 445. The minimum Gasteiger partial charge on any atom is -0.387 e. The van der Waals surface area contributed by atoms with Crippen molar-refractivity contribution in [2.24, 2.45) is 5.41 Å². The van der Waals surface area contributed by atoms with Gasteiger partial charge in [0.05, 0.1) is 6.10 Å². The number of likely N-dealkylation sites (tertiary alicyclic amines) is 1. The van der Waals surface area contributed by atoms with Crippen molar-refractivity contribution < 1.29 is 5.11 Å². The minimum atomic E-state index is -0.364. The molecule has 0 aliphatic carbocycles. The molecular weight excluding hydrogens is 246 g/mol. The summed E-state index contributed by atoms with van der Waals surface area (Å²) in [5.41, 5.74) is 5.30. The Morgan fingerprint density at radius 2 is 1.60 bits per heavy atom. The first-order valence-corrected chi connectivity index (χ1v) is 7.77. The molecule has 0 saturated carbocycles. The molecule has 1 heterocycles. The van der Waals surface area contributed by atoms with Gasteiger partial charge in [-0.15, -0.1) is 0 Å². The summed E-state index contributed by atoms with van der Waals surface area (Å²) in [6.07, 6.45) is 2.09. The van der Waals surface area contributed by atoms with Gasteiger partial charge in [-0.3, -0.25) is 0 Å². The number of aryl methyl sites for hydroxylation is 3. The number of nitrogens with zero attached hydrogens (tertiary/aromatic N) is 1. The van der Waals surface area contributed by atoms with Crippen LogP contribution in [0, 0.1) is 26.2 Å². The Hall–Kier alpha value is -0.860. The van der Waals surface area contributed by atoms with E-state index in [9.17, 15) is 5.11 Å². The maximum atomic E-state index is 10.6. The maximum Gasteiger partial charge on any atom is 0.0922 e. The fourth-order valence-electron chi connectivity index (χ4n) is 3.39. The number of hydrogen-bond donors (Lipinski definition) is 1. The van der Waals surface area contributed by atoms with Crippen LogP contribution in [0.1, 0.15) is 55.0 Å². The zero-order chi connectivity index (χ0) is 14.9. The van der Waals surface area contributed by atoms with Crippen LogP contribution in [0.2, 0.25) is 0 Å². The zero-order valence-electron chi connectivity index (χ0n) is 13.7. The van der Waals surface area contributed by atoms with Gasteiger partial charge in [0, 0.05) is 6.54 Å². The molecule has 112 valence electrons. The van der Waals surface area contributed by atoms with Crippen molar-refractivity contribution in [3.8, 4) is 0 Å². The van der Waals surface area contributed by atoms with Crippen molar-refractivity contribution >= 4 is 0 Å². The third-order valence-corrected chi connectivity index (χ3v) is 4.71. The van der Waals surface area contributed by atoms with Crippen LogP contribution in [0.4, 0.5) is 0 Å². The highest BCUT2D eigenvalue weighted by Crippen LogP contribution is 2.31. The lowest BCUT2D eigenvalue weighted by Gasteiger charge is -2.38. The molecule has 0 aromatic heterocycles. The fraction of sp³-hybridized carbons (Fsp3) is 0.667. The van der Waals surface area contributed by atoms with E-state index in [1.807, 2.05) is 0 Å². The molecule has 1 aliphatic rings. The summed E-state index contributed by atoms with van der Waals surface area (Å²) in [6.45, 7) is 14.0. The molecule has 2 heteroatoms. The second kappa shape index (κ2) is 5.87. The van der Waals surface area contributed by atoms with Crippen LogP contribution in [0.3, 0.4) is 0 Å². The molecule has 1 aromatic carbocycles. The second-order valence-corrected chi connectivity index (χ2v) is 7.29. The van der Waals surface area contributed by atoms with E-state index in [-0.39, 0.29) is 6.10 Å². The van der Waals surface area contributed by atoms with Gasteiger partial charge in [0.2, 0.25) is 0 Å². The van der Waals surface area contributed by atoms with Gasteiger partial charge in [-0.05, 0) is 68.8 Å². The van der Waals surface area contributed by atoms with E-state index in [0.717, 1.165) is 25.2 Å². The van der Waals surface area contributed by atoms with Gasteiger partial charge in [-0.1, -0.05) is 31.5 Å². The first-order chi connectivity index (χ1) is 9.28. The molecule has 1 saturated heterocycles. The molecule has 2 nitrogen and oxygen atoms in total. The monoisotopic (exact) mass is 275 g/mol. The number of aliphatic hydroxyl groups is 1. The number of β-amino-alcohol motifs (C(OH)–C–C–N with tert-alkyl or cyclic N) is 1. The normalized spacial score (nSPS) is 20.9. The van der Waals surface area contributed by atoms with Crippen molar-refractivity contribution in [2.75, 3.05) is 19.6 Å². The van der Waals surface area contributed by atoms with Crippen molar-refractivity contribution in [2.45, 2.75) is 53.6 Å². The van der Waals surface area contributed by atoms with Crippen LogP contribution in [0.15, 0.2) is 12.1 Å². The summed E-state index contributed by atoms with van der Waals surface area (Å²) in [7, 11) is 0. The topological polar surface area (TPSA) is 23.5 Å². The average Bonchev–Trinajstić information content (AvgIpc) is 2.30. The summed E-state index contributed by atoms with van der Waals surface area (Å²) in [5, 5.41) is 10.6. The minimum absolute atomic E-state index is 0.364. The standard InChI is InChI=1S/C18H29NO/c1-13-10-14(2)17(15(3)11-13)16(20)12-19-8-6-18(4,5)7-9-19/h10-11,16,20H,6-9,12H2,1-5H3. The summed E-state index contributed by atoms with van der Waals surface area (Å²) in [6, 6.07) is 4.34. The van der Waals surface area contributed by atoms with Crippen LogP contribution < -0.4 is 0 Å². The molecule has 0 spiro atoms. The lowest BCUT2D eigenvalue weighted by Crippen LogP contribution is -2.39. The van der Waals surface area contributed by atoms with Gasteiger partial charge < -0.3 is 10.0 Å². The van der Waals surface area contributed by atoms with Crippen molar-refractivity contribution in [3.63, 3.8) is 0 Å². The van der Waals surface area contributed by atoms with E-state index < -0.39 is 0 Å². The molecule has 0 amide bonds. The molecule has 2 rings (SSSR count). The molecule has 1 fully saturated rings. The van der Waals surface area contributed by atoms with Gasteiger partial charge in [0.15, 0.2) is 0 Å². The SMILES string of the molecule is Cc1cc(C)c(C(O)CN2CCC(C)(C)CC2)c(C)c1. The van der Waals surface area contributed by atoms with Crippen LogP contribution in [-0.2, 0) is 0 Å². The first kappa shape index (κ1) is 15.5. The Morgan fingerprint density at radius 1 is 1.10 bits per heavy atom. The summed E-state index contributed by atoms with van der Waals surface area (Å²) >= 11 is 0. The molecule has 1 aromatic rings. The molecule has 1 N–H and O–H groups in total. The van der Waals surface area contributed by atoms with Crippen LogP contribution in [0.25, 0.3) is 0 Å². The predicted octanol–water partition coefficient (Wildman–Crippen LogP) is 3.77. The van der Waals surface area contributed by atoms with Gasteiger partial charge in [0.25, 0.3) is 0 Å². The smallest absolute Gasteiger partial charge is 0.0922 e. The van der Waals surface area contributed by atoms with E-state index in [0.29, 0.717) is 5.41 Å². The molecule has 1 unspecified atom stereocenters. The highest BCUT2D eigenvalue weighted by molar-refractivity contribution is 5.39. The summed E-state index contributed by atoms with van der Waals surface area (Å²) < 4.78 is 0. The van der Waals surface area contributed by atoms with Crippen LogP contribution >= 0.6 is 0 Å². The number of benzene rings is 1. The Balaban J connectivity index is 2.04. The second-order valence-electron chi connectivity index (χ2n) is 7.29. The summed E-state index contributed by atoms with van der Waals surface area (Å²) in [4.78, 5) is 2.41. The van der Waals surface area contributed by atoms with Gasteiger partial charge >= 0.3 is 0 Å². The highest BCUT2D eigenvalue weighted by Gasteiger charge is 2.27. The van der Waals surface area contributed by atoms with E-state index >= 15 is 0 Å². The maximum absolute atomic E-state index is 10.6. The van der Waals surface area contributed by atoms with Crippen molar-refractivity contribution in [1.29, 1.82) is 0 Å². The number of hydrogen-bond acceptors (Lipinski definition) is 2. The van der Waals surface area contributed by atoms with E-state index in [1.54, 1.807) is 0 Å². The third-order valence-electron chi connectivity index (χ3n) is 4.71. The van der Waals surface area contributed by atoms with Gasteiger partial charge in [0.1, 0.15) is 0 Å². The number of piperidine rings is 1. The van der Waals surface area contributed by atoms with E-state index in [4.69, 9.17) is 0 Å². The number of rotatable bonds is 3. The summed E-state index contributed by atoms with van der Waals surface area (Å²) in [5.74, 6) is 0. The van der Waals surface area contributed by atoms with Gasteiger partial charge in [-0.25, -0.2) is 0 Å². The zero-order valence-corrected chi connectivity index (χ0v) is 13.7. The average molecular weight is 275 g/mol. The number of aliphatic hydroxyl groups excluding tert-OH is 1. The molecule has 20 heavy (non-hydrogen) atoms. The van der Waals surface area contributed by atoms with Gasteiger partial charge in [-0.2, -0.15) is 0 Å². The van der Waals surface area contributed by atoms with Crippen LogP contribution in [0.5, 0.6) is 0 Å². The Kier molecular flexibility index (Phi) is 4.55. The molecule has 0 radical (unpaired) electrons. The van der Waals surface area contributed by atoms with Crippen LogP contribution in [-0.4, -0.2) is 29.6 Å². The third kappa shape index (κ3) is 3.62. The Morgan fingerprint density at radius 3 is 2.10 bits per heavy atom. The fourth-order valence-corrected chi connectivity index (χ4v) is 3.39. The molecule has 1 aliphatic heterocycles. The Labute approximate surface area is 123 Å². The predicted molar refractivity (Wildman–Crippen MR) is 85.1 cm³/mol. The van der Waals surface area contributed by atoms with Crippen molar-refractivity contribution in [3.05, 3.63) is 34.4 Å². The largest absolute Gasteiger partial charge is 0.387 e. The lowest BCUT2D eigenvalue weighted by atomic mass is 9.82. The first-order valence-electron chi connectivity index (χ1n) is 7.77. The molecule has 1 atom stereocenters. The van der Waals surface area contributed by atoms with E-state index in [1.165, 1.54) is 29.5 Å². The molecular formula is C18H29NO.